The molecule has 0 aromatic rings. The molecule has 0 aromatic heterocycles. The van der Waals surface area contributed by atoms with Crippen LogP contribution in [0.5, 0.6) is 0 Å². The van der Waals surface area contributed by atoms with E-state index in [0.29, 0.717) is 18.2 Å². The maximum Gasteiger partial charge on any atom is 0.0599 e. The van der Waals surface area contributed by atoms with Gasteiger partial charge in [0.2, 0.25) is 0 Å². The van der Waals surface area contributed by atoms with E-state index in [1.165, 1.54) is 19.3 Å². The Labute approximate surface area is 93.5 Å². The van der Waals surface area contributed by atoms with Crippen molar-refractivity contribution in [2.75, 3.05) is 20.8 Å². The van der Waals surface area contributed by atoms with Gasteiger partial charge in [0.15, 0.2) is 0 Å². The zero-order valence-electron chi connectivity index (χ0n) is 10.3. The molecule has 3 heteroatoms. The zero-order valence-corrected chi connectivity index (χ0v) is 10.3. The number of hydrogen-bond donors (Lipinski definition) is 1. The molecule has 3 unspecified atom stereocenters. The van der Waals surface area contributed by atoms with Gasteiger partial charge in [0, 0.05) is 19.8 Å². The van der Waals surface area contributed by atoms with Crippen LogP contribution in [0.1, 0.15) is 39.0 Å². The molecule has 0 aromatic carbocycles. The Bertz CT molecular complexity index is 164. The van der Waals surface area contributed by atoms with Gasteiger partial charge in [-0.15, -0.1) is 0 Å². The van der Waals surface area contributed by atoms with E-state index in [1.54, 1.807) is 7.11 Å². The highest BCUT2D eigenvalue weighted by atomic mass is 16.5. The summed E-state index contributed by atoms with van der Waals surface area (Å²) in [6.07, 6.45) is 6.65. The minimum absolute atomic E-state index is 0.422. The molecule has 1 aliphatic carbocycles. The topological polar surface area (TPSA) is 30.5 Å². The Balaban J connectivity index is 2.10. The molecule has 1 fully saturated rings. The average Bonchev–Trinajstić information content (AvgIpc) is 2.29. The van der Waals surface area contributed by atoms with Crippen LogP contribution < -0.4 is 5.32 Å². The summed E-state index contributed by atoms with van der Waals surface area (Å²) in [5, 5.41) is 3.22. The molecule has 0 amide bonds. The molecular formula is C12H25NO2. The Hall–Kier alpha value is -0.120. The molecule has 1 aliphatic rings. The summed E-state index contributed by atoms with van der Waals surface area (Å²) < 4.78 is 11.2. The van der Waals surface area contributed by atoms with Crippen molar-refractivity contribution in [1.29, 1.82) is 0 Å². The molecule has 3 nitrogen and oxygen atoms in total. The maximum absolute atomic E-state index is 5.87. The van der Waals surface area contributed by atoms with Crippen LogP contribution >= 0.6 is 0 Å². The largest absolute Gasteiger partial charge is 0.381 e. The minimum atomic E-state index is 0.422. The zero-order chi connectivity index (χ0) is 11.1. The third kappa shape index (κ3) is 4.96. The lowest BCUT2D eigenvalue weighted by Gasteiger charge is -2.28. The maximum atomic E-state index is 5.87. The van der Waals surface area contributed by atoms with Crippen LogP contribution in [-0.4, -0.2) is 39.0 Å². The van der Waals surface area contributed by atoms with Crippen molar-refractivity contribution >= 4 is 0 Å². The van der Waals surface area contributed by atoms with Crippen LogP contribution in [0.2, 0.25) is 0 Å². The third-order valence-electron chi connectivity index (χ3n) is 3.31. The van der Waals surface area contributed by atoms with Crippen LogP contribution in [0.3, 0.4) is 0 Å². The highest BCUT2D eigenvalue weighted by Gasteiger charge is 2.21. The summed E-state index contributed by atoms with van der Waals surface area (Å²) in [5.74, 6) is 0. The molecular weight excluding hydrogens is 190 g/mol. The van der Waals surface area contributed by atoms with E-state index in [0.717, 1.165) is 19.4 Å². The van der Waals surface area contributed by atoms with Crippen molar-refractivity contribution in [2.24, 2.45) is 0 Å². The second-order valence-corrected chi connectivity index (χ2v) is 4.50. The van der Waals surface area contributed by atoms with E-state index in [2.05, 4.69) is 12.2 Å². The molecule has 1 rings (SSSR count). The fourth-order valence-electron chi connectivity index (χ4n) is 2.02. The summed E-state index contributed by atoms with van der Waals surface area (Å²) in [6.45, 7) is 3.05. The van der Waals surface area contributed by atoms with Crippen molar-refractivity contribution in [1.82, 2.24) is 5.32 Å². The lowest BCUT2D eigenvalue weighted by Crippen LogP contribution is -2.29. The van der Waals surface area contributed by atoms with Gasteiger partial charge in [-0.25, -0.2) is 0 Å². The number of hydrogen-bond acceptors (Lipinski definition) is 3. The van der Waals surface area contributed by atoms with Gasteiger partial charge in [-0.2, -0.15) is 0 Å². The molecule has 1 N–H and O–H groups in total. The first-order valence-corrected chi connectivity index (χ1v) is 6.08. The van der Waals surface area contributed by atoms with Crippen molar-refractivity contribution < 1.29 is 9.47 Å². The van der Waals surface area contributed by atoms with E-state index in [1.807, 2.05) is 7.05 Å². The van der Waals surface area contributed by atoms with Gasteiger partial charge in [-0.3, -0.25) is 0 Å². The number of methoxy groups -OCH3 is 1. The van der Waals surface area contributed by atoms with E-state index in [9.17, 15) is 0 Å². The quantitative estimate of drug-likeness (QED) is 0.734. The summed E-state index contributed by atoms with van der Waals surface area (Å²) in [4.78, 5) is 0. The summed E-state index contributed by atoms with van der Waals surface area (Å²) in [6, 6.07) is 0.548. The molecule has 90 valence electrons. The Morgan fingerprint density at radius 2 is 2.07 bits per heavy atom. The molecule has 0 spiro atoms. The fourth-order valence-corrected chi connectivity index (χ4v) is 2.02. The van der Waals surface area contributed by atoms with Crippen molar-refractivity contribution in [3.05, 3.63) is 0 Å². The molecule has 15 heavy (non-hydrogen) atoms. The van der Waals surface area contributed by atoms with E-state index in [-0.39, 0.29) is 0 Å². The van der Waals surface area contributed by atoms with Crippen LogP contribution in [0, 0.1) is 0 Å². The summed E-state index contributed by atoms with van der Waals surface area (Å²) >= 11 is 0. The predicted octanol–water partition coefficient (Wildman–Crippen LogP) is 1.96. The van der Waals surface area contributed by atoms with Crippen molar-refractivity contribution in [2.45, 2.75) is 57.3 Å². The van der Waals surface area contributed by atoms with Gasteiger partial charge in [0.25, 0.3) is 0 Å². The van der Waals surface area contributed by atoms with Gasteiger partial charge < -0.3 is 14.8 Å². The Kier molecular flexibility index (Phi) is 6.22. The first-order chi connectivity index (χ1) is 7.26. The lowest BCUT2D eigenvalue weighted by atomic mass is 9.95. The molecule has 0 radical (unpaired) electrons. The second kappa shape index (κ2) is 7.20. The monoisotopic (exact) mass is 215 g/mol. The minimum Gasteiger partial charge on any atom is -0.381 e. The van der Waals surface area contributed by atoms with E-state index < -0.39 is 0 Å². The first kappa shape index (κ1) is 12.9. The Morgan fingerprint density at radius 3 is 2.73 bits per heavy atom. The molecule has 0 heterocycles. The second-order valence-electron chi connectivity index (χ2n) is 4.50. The lowest BCUT2D eigenvalue weighted by molar-refractivity contribution is -0.0311. The highest BCUT2D eigenvalue weighted by Crippen LogP contribution is 2.23. The summed E-state index contributed by atoms with van der Waals surface area (Å²) in [7, 11) is 3.79. The number of ether oxygens (including phenoxy) is 2. The van der Waals surface area contributed by atoms with Gasteiger partial charge in [0.05, 0.1) is 12.2 Å². The molecule has 3 atom stereocenters. The van der Waals surface area contributed by atoms with Gasteiger partial charge in [0.1, 0.15) is 0 Å². The van der Waals surface area contributed by atoms with Gasteiger partial charge >= 0.3 is 0 Å². The third-order valence-corrected chi connectivity index (χ3v) is 3.31. The molecule has 1 saturated carbocycles. The number of nitrogens with one attached hydrogen (secondary N) is 1. The SMILES string of the molecule is CNC(C)CCOC1CCCC(OC)C1. The van der Waals surface area contributed by atoms with E-state index in [4.69, 9.17) is 9.47 Å². The highest BCUT2D eigenvalue weighted by molar-refractivity contribution is 4.73. The standard InChI is InChI=1S/C12H25NO2/c1-10(13-2)7-8-15-12-6-4-5-11(9-12)14-3/h10-13H,4-9H2,1-3H3. The van der Waals surface area contributed by atoms with Crippen molar-refractivity contribution in [3.63, 3.8) is 0 Å². The average molecular weight is 215 g/mol. The van der Waals surface area contributed by atoms with Crippen LogP contribution in [0.4, 0.5) is 0 Å². The van der Waals surface area contributed by atoms with Crippen LogP contribution in [0.25, 0.3) is 0 Å². The molecule has 0 saturated heterocycles. The van der Waals surface area contributed by atoms with Crippen LogP contribution in [-0.2, 0) is 9.47 Å². The van der Waals surface area contributed by atoms with Crippen molar-refractivity contribution in [3.8, 4) is 0 Å². The predicted molar refractivity (Wildman–Crippen MR) is 62.1 cm³/mol. The van der Waals surface area contributed by atoms with Gasteiger partial charge in [-0.05, 0) is 46.1 Å². The molecule has 0 bridgehead atoms. The normalized spacial score (nSPS) is 29.0. The smallest absolute Gasteiger partial charge is 0.0599 e. The Morgan fingerprint density at radius 1 is 1.33 bits per heavy atom. The van der Waals surface area contributed by atoms with Gasteiger partial charge in [-0.1, -0.05) is 0 Å². The first-order valence-electron chi connectivity index (χ1n) is 6.08. The fraction of sp³-hybridized carbons (Fsp3) is 1.00. The molecule has 0 aliphatic heterocycles. The summed E-state index contributed by atoms with van der Waals surface area (Å²) in [5.41, 5.74) is 0. The van der Waals surface area contributed by atoms with E-state index >= 15 is 0 Å². The van der Waals surface area contributed by atoms with Crippen LogP contribution in [0.15, 0.2) is 0 Å². The number of rotatable bonds is 6.